The second-order valence-electron chi connectivity index (χ2n) is 4.69. The highest BCUT2D eigenvalue weighted by molar-refractivity contribution is 5.77. The molecule has 0 saturated heterocycles. The normalized spacial score (nSPS) is 12.1. The van der Waals surface area contributed by atoms with Crippen molar-refractivity contribution in [1.29, 1.82) is 0 Å². The molecule has 1 N–H and O–H groups in total. The summed E-state index contributed by atoms with van der Waals surface area (Å²) in [5.41, 5.74) is 0.555. The molecule has 0 aliphatic heterocycles. The Morgan fingerprint density at radius 3 is 2.39 bits per heavy atom. The van der Waals surface area contributed by atoms with Gasteiger partial charge in [0.2, 0.25) is 0 Å². The first-order valence-electron chi connectivity index (χ1n) is 6.44. The maximum Gasteiger partial charge on any atom is 0.416 e. The number of fused-ring (bicyclic) bond motifs is 2. The molecule has 0 unspecified atom stereocenters. The minimum absolute atomic E-state index is 0.0150. The number of alkyl halides is 3. The fourth-order valence-corrected chi connectivity index (χ4v) is 2.08. The van der Waals surface area contributed by atoms with Crippen molar-refractivity contribution in [3.05, 3.63) is 42.2 Å². The smallest absolute Gasteiger partial charge is 0.416 e. The molecule has 1 aromatic carbocycles. The van der Waals surface area contributed by atoms with Crippen LogP contribution in [0.15, 0.2) is 45.5 Å². The summed E-state index contributed by atoms with van der Waals surface area (Å²) in [6, 6.07) is 4.81. The van der Waals surface area contributed by atoms with Crippen molar-refractivity contribution in [1.82, 2.24) is 15.0 Å². The average molecular weight is 320 g/mol. The third-order valence-corrected chi connectivity index (χ3v) is 3.12. The number of halogens is 3. The number of oxazole rings is 2. The predicted octanol–water partition coefficient (Wildman–Crippen LogP) is 4.13. The molecule has 0 atom stereocenters. The van der Waals surface area contributed by atoms with Gasteiger partial charge in [-0.05, 0) is 24.3 Å². The molecule has 3 aromatic heterocycles. The summed E-state index contributed by atoms with van der Waals surface area (Å²) in [4.78, 5) is 12.0. The molecule has 0 aliphatic rings. The van der Waals surface area contributed by atoms with Gasteiger partial charge in [0.25, 0.3) is 0 Å². The Morgan fingerprint density at radius 1 is 0.913 bits per heavy atom. The molecule has 0 fully saturated rings. The van der Waals surface area contributed by atoms with Gasteiger partial charge in [0.05, 0.1) is 11.8 Å². The molecular formula is C14H7F3N4O2. The van der Waals surface area contributed by atoms with Crippen LogP contribution < -0.4 is 5.32 Å². The fraction of sp³-hybridized carbons (Fsp3) is 0.0714. The van der Waals surface area contributed by atoms with Crippen molar-refractivity contribution in [2.45, 2.75) is 6.18 Å². The van der Waals surface area contributed by atoms with E-state index in [1.807, 2.05) is 0 Å². The number of benzene rings is 1. The van der Waals surface area contributed by atoms with E-state index in [9.17, 15) is 13.2 Å². The third kappa shape index (κ3) is 2.45. The highest BCUT2D eigenvalue weighted by Gasteiger charge is 2.31. The molecule has 0 saturated carbocycles. The molecule has 116 valence electrons. The second kappa shape index (κ2) is 4.70. The van der Waals surface area contributed by atoms with Crippen molar-refractivity contribution in [2.24, 2.45) is 0 Å². The van der Waals surface area contributed by atoms with Gasteiger partial charge in [0.15, 0.2) is 11.2 Å². The number of anilines is 2. The minimum atomic E-state index is -4.44. The van der Waals surface area contributed by atoms with Crippen molar-refractivity contribution < 1.29 is 22.0 Å². The number of nitrogens with one attached hydrogen (secondary N) is 1. The van der Waals surface area contributed by atoms with E-state index in [1.54, 1.807) is 12.3 Å². The molecule has 9 heteroatoms. The molecule has 3 heterocycles. The summed E-state index contributed by atoms with van der Waals surface area (Å²) in [7, 11) is 0. The van der Waals surface area contributed by atoms with Gasteiger partial charge in [0.1, 0.15) is 11.0 Å². The molecule has 0 spiro atoms. The van der Waals surface area contributed by atoms with Crippen LogP contribution in [-0.4, -0.2) is 15.0 Å². The van der Waals surface area contributed by atoms with Gasteiger partial charge in [-0.1, -0.05) is 0 Å². The van der Waals surface area contributed by atoms with Crippen LogP contribution in [0.2, 0.25) is 0 Å². The van der Waals surface area contributed by atoms with Gasteiger partial charge < -0.3 is 8.83 Å². The lowest BCUT2D eigenvalue weighted by Crippen LogP contribution is -2.03. The van der Waals surface area contributed by atoms with Gasteiger partial charge in [-0.25, -0.2) is 0 Å². The van der Waals surface area contributed by atoms with E-state index >= 15 is 0 Å². The van der Waals surface area contributed by atoms with Crippen LogP contribution in [0.3, 0.4) is 0 Å². The van der Waals surface area contributed by atoms with Crippen LogP contribution in [0.25, 0.3) is 22.2 Å². The second-order valence-corrected chi connectivity index (χ2v) is 4.69. The summed E-state index contributed by atoms with van der Waals surface area (Å²) < 4.78 is 48.8. The lowest BCUT2D eigenvalue weighted by atomic mass is 10.2. The van der Waals surface area contributed by atoms with E-state index in [4.69, 9.17) is 8.83 Å². The zero-order valence-corrected chi connectivity index (χ0v) is 11.3. The molecule has 0 amide bonds. The van der Waals surface area contributed by atoms with Crippen molar-refractivity contribution >= 4 is 34.2 Å². The van der Waals surface area contributed by atoms with Gasteiger partial charge in [-0.15, -0.1) is 0 Å². The quantitative estimate of drug-likeness (QED) is 0.598. The Balaban J connectivity index is 1.68. The fourth-order valence-electron chi connectivity index (χ4n) is 2.08. The van der Waals surface area contributed by atoms with E-state index in [2.05, 4.69) is 20.3 Å². The first-order valence-corrected chi connectivity index (χ1v) is 6.44. The van der Waals surface area contributed by atoms with E-state index in [0.717, 1.165) is 12.1 Å². The van der Waals surface area contributed by atoms with Crippen molar-refractivity contribution in [3.63, 3.8) is 0 Å². The average Bonchev–Trinajstić information content (AvgIpc) is 3.07. The van der Waals surface area contributed by atoms with E-state index in [1.165, 1.54) is 12.3 Å². The first kappa shape index (κ1) is 13.6. The molecule has 6 nitrogen and oxygen atoms in total. The van der Waals surface area contributed by atoms with E-state index in [-0.39, 0.29) is 23.1 Å². The third-order valence-electron chi connectivity index (χ3n) is 3.12. The molecule has 0 bridgehead atoms. The monoisotopic (exact) mass is 320 g/mol. The Labute approximate surface area is 126 Å². The summed E-state index contributed by atoms with van der Waals surface area (Å²) in [6.07, 6.45) is -1.38. The molecule has 4 aromatic rings. The van der Waals surface area contributed by atoms with Crippen LogP contribution in [0.1, 0.15) is 5.56 Å². The highest BCUT2D eigenvalue weighted by Crippen LogP contribution is 2.32. The minimum Gasteiger partial charge on any atom is -0.423 e. The zero-order valence-electron chi connectivity index (χ0n) is 11.3. The van der Waals surface area contributed by atoms with Crippen molar-refractivity contribution in [2.75, 3.05) is 5.32 Å². The molecular weight excluding hydrogens is 313 g/mol. The summed E-state index contributed by atoms with van der Waals surface area (Å²) in [6.45, 7) is 0. The van der Waals surface area contributed by atoms with Crippen LogP contribution in [0, 0.1) is 0 Å². The van der Waals surface area contributed by atoms with Gasteiger partial charge in [-0.3, -0.25) is 10.3 Å². The number of pyridine rings is 1. The Kier molecular flexibility index (Phi) is 2.77. The Bertz CT molecular complexity index is 973. The number of hydrogen-bond donors (Lipinski definition) is 1. The van der Waals surface area contributed by atoms with Crippen LogP contribution in [-0.2, 0) is 6.18 Å². The van der Waals surface area contributed by atoms with Crippen LogP contribution >= 0.6 is 0 Å². The van der Waals surface area contributed by atoms with Gasteiger partial charge in [-0.2, -0.15) is 23.1 Å². The lowest BCUT2D eigenvalue weighted by Gasteiger charge is -2.04. The van der Waals surface area contributed by atoms with E-state index in [0.29, 0.717) is 11.1 Å². The SMILES string of the molecule is FC(F)(F)c1ccc2oc(Nc3nc4ccncc4o3)nc2c1. The number of aromatic nitrogens is 3. The highest BCUT2D eigenvalue weighted by atomic mass is 19.4. The summed E-state index contributed by atoms with van der Waals surface area (Å²) >= 11 is 0. The first-order chi connectivity index (χ1) is 11.0. The van der Waals surface area contributed by atoms with Gasteiger partial charge >= 0.3 is 18.2 Å². The van der Waals surface area contributed by atoms with Crippen LogP contribution in [0.5, 0.6) is 0 Å². The number of rotatable bonds is 2. The predicted molar refractivity (Wildman–Crippen MR) is 74.1 cm³/mol. The molecule has 4 rings (SSSR count). The maximum absolute atomic E-state index is 12.7. The van der Waals surface area contributed by atoms with Gasteiger partial charge in [0, 0.05) is 6.20 Å². The van der Waals surface area contributed by atoms with E-state index < -0.39 is 11.7 Å². The Hall–Kier alpha value is -3.10. The lowest BCUT2D eigenvalue weighted by molar-refractivity contribution is -0.137. The van der Waals surface area contributed by atoms with Crippen molar-refractivity contribution in [3.8, 4) is 0 Å². The maximum atomic E-state index is 12.7. The molecule has 23 heavy (non-hydrogen) atoms. The zero-order chi connectivity index (χ0) is 16.0. The largest absolute Gasteiger partial charge is 0.423 e. The standard InChI is InChI=1S/C14H7F3N4O2/c15-14(16,17)7-1-2-10-9(5-7)20-13(22-10)21-12-19-8-3-4-18-6-11(8)23-12/h1-6H,(H,19,20,21). The summed E-state index contributed by atoms with van der Waals surface area (Å²) in [5.74, 6) is 0. The Morgan fingerprint density at radius 2 is 1.65 bits per heavy atom. The topological polar surface area (TPSA) is 77.0 Å². The molecule has 0 radical (unpaired) electrons. The van der Waals surface area contributed by atoms with Crippen LogP contribution in [0.4, 0.5) is 25.2 Å². The molecule has 0 aliphatic carbocycles. The number of nitrogens with zero attached hydrogens (tertiary/aromatic N) is 3. The summed E-state index contributed by atoms with van der Waals surface area (Å²) in [5, 5.41) is 2.68. The number of hydrogen-bond acceptors (Lipinski definition) is 6.